The van der Waals surface area contributed by atoms with Gasteiger partial charge in [-0.2, -0.15) is 0 Å². The molecule has 2 heteroatoms. The minimum absolute atomic E-state index is 0.223. The van der Waals surface area contributed by atoms with Gasteiger partial charge >= 0.3 is 0 Å². The first-order valence-corrected chi connectivity index (χ1v) is 5.03. The Morgan fingerprint density at radius 2 is 1.56 bits per heavy atom. The Labute approximate surface area is 94.0 Å². The van der Waals surface area contributed by atoms with E-state index in [0.29, 0.717) is 0 Å². The number of halogens is 1. The molecule has 0 aliphatic carbocycles. The van der Waals surface area contributed by atoms with Crippen molar-refractivity contribution in [1.82, 2.24) is 0 Å². The quantitative estimate of drug-likeness (QED) is 0.599. The molecule has 0 saturated heterocycles. The Morgan fingerprint density at radius 3 is 2.25 bits per heavy atom. The highest BCUT2D eigenvalue weighted by Gasteiger charge is 1.91. The summed E-state index contributed by atoms with van der Waals surface area (Å²) in [4.78, 5) is 0. The van der Waals surface area contributed by atoms with E-state index in [1.807, 2.05) is 42.5 Å². The second kappa shape index (κ2) is 4.62. The molecule has 0 fully saturated rings. The molecular weight excluding hydrogens is 201 g/mol. The van der Waals surface area contributed by atoms with E-state index in [2.05, 4.69) is 0 Å². The zero-order valence-electron chi connectivity index (χ0n) is 8.73. The number of hydrogen-bond donors (Lipinski definition) is 1. The van der Waals surface area contributed by atoms with Gasteiger partial charge in [-0.25, -0.2) is 4.39 Å². The molecule has 2 aromatic rings. The maximum absolute atomic E-state index is 12.9. The summed E-state index contributed by atoms with van der Waals surface area (Å²) in [6, 6.07) is 14.0. The first-order valence-electron chi connectivity index (χ1n) is 5.03. The topological polar surface area (TPSA) is 26.0 Å². The van der Waals surface area contributed by atoms with Crippen LogP contribution in [0.4, 0.5) is 10.1 Å². The van der Waals surface area contributed by atoms with Crippen LogP contribution in [0.2, 0.25) is 0 Å². The third kappa shape index (κ3) is 2.70. The first-order chi connectivity index (χ1) is 7.74. The van der Waals surface area contributed by atoms with Gasteiger partial charge < -0.3 is 5.73 Å². The third-order valence-corrected chi connectivity index (χ3v) is 2.25. The van der Waals surface area contributed by atoms with E-state index in [0.717, 1.165) is 16.8 Å². The highest BCUT2D eigenvalue weighted by atomic mass is 19.1. The van der Waals surface area contributed by atoms with Crippen molar-refractivity contribution in [3.63, 3.8) is 0 Å². The summed E-state index contributed by atoms with van der Waals surface area (Å²) in [5.41, 5.74) is 8.20. The van der Waals surface area contributed by atoms with Crippen molar-refractivity contribution in [3.05, 3.63) is 65.5 Å². The van der Waals surface area contributed by atoms with Crippen LogP contribution < -0.4 is 5.73 Å². The third-order valence-electron chi connectivity index (χ3n) is 2.25. The fourth-order valence-electron chi connectivity index (χ4n) is 1.41. The van der Waals surface area contributed by atoms with Gasteiger partial charge in [-0.05, 0) is 35.4 Å². The van der Waals surface area contributed by atoms with Crippen LogP contribution >= 0.6 is 0 Å². The average Bonchev–Trinajstić information content (AvgIpc) is 2.28. The van der Waals surface area contributed by atoms with E-state index in [9.17, 15) is 4.39 Å². The molecule has 0 heterocycles. The van der Waals surface area contributed by atoms with E-state index in [1.165, 1.54) is 12.1 Å². The zero-order valence-corrected chi connectivity index (χ0v) is 8.73. The van der Waals surface area contributed by atoms with Crippen LogP contribution in [-0.4, -0.2) is 0 Å². The minimum Gasteiger partial charge on any atom is -0.399 e. The van der Waals surface area contributed by atoms with Crippen LogP contribution in [0.1, 0.15) is 11.1 Å². The predicted octanol–water partition coefficient (Wildman–Crippen LogP) is 3.58. The minimum atomic E-state index is -0.223. The van der Waals surface area contributed by atoms with E-state index >= 15 is 0 Å². The van der Waals surface area contributed by atoms with E-state index in [1.54, 1.807) is 6.07 Å². The Kier molecular flexibility index (Phi) is 3.01. The number of anilines is 1. The second-order valence-corrected chi connectivity index (χ2v) is 3.56. The SMILES string of the molecule is Nc1ccc(C=Cc2cccc(F)c2)cc1. The molecule has 2 N–H and O–H groups in total. The number of nitrogen functional groups attached to an aromatic ring is 1. The largest absolute Gasteiger partial charge is 0.399 e. The molecule has 0 aliphatic rings. The van der Waals surface area contributed by atoms with Crippen molar-refractivity contribution in [3.8, 4) is 0 Å². The lowest BCUT2D eigenvalue weighted by molar-refractivity contribution is 0.627. The predicted molar refractivity (Wildman–Crippen MR) is 66.2 cm³/mol. The molecule has 1 nitrogen and oxygen atoms in total. The summed E-state index contributed by atoms with van der Waals surface area (Å²) in [7, 11) is 0. The van der Waals surface area contributed by atoms with Crippen LogP contribution in [-0.2, 0) is 0 Å². The molecule has 16 heavy (non-hydrogen) atoms. The molecule has 0 bridgehead atoms. The van der Waals surface area contributed by atoms with E-state index in [4.69, 9.17) is 5.73 Å². The number of hydrogen-bond acceptors (Lipinski definition) is 1. The van der Waals surface area contributed by atoms with Crippen LogP contribution in [0.25, 0.3) is 12.2 Å². The van der Waals surface area contributed by atoms with E-state index < -0.39 is 0 Å². The smallest absolute Gasteiger partial charge is 0.123 e. The maximum atomic E-state index is 12.9. The molecule has 0 spiro atoms. The Morgan fingerprint density at radius 1 is 0.875 bits per heavy atom. The van der Waals surface area contributed by atoms with Crippen molar-refractivity contribution in [2.75, 3.05) is 5.73 Å². The van der Waals surface area contributed by atoms with Crippen LogP contribution in [0, 0.1) is 5.82 Å². The molecule has 0 atom stereocenters. The second-order valence-electron chi connectivity index (χ2n) is 3.56. The van der Waals surface area contributed by atoms with Crippen LogP contribution in [0.3, 0.4) is 0 Å². The maximum Gasteiger partial charge on any atom is 0.123 e. The van der Waals surface area contributed by atoms with Crippen LogP contribution in [0.15, 0.2) is 48.5 Å². The van der Waals surface area contributed by atoms with Gasteiger partial charge in [0.25, 0.3) is 0 Å². The molecular formula is C14H12FN. The summed E-state index contributed by atoms with van der Waals surface area (Å²) in [5.74, 6) is -0.223. The summed E-state index contributed by atoms with van der Waals surface area (Å²) in [6.45, 7) is 0. The van der Waals surface area contributed by atoms with Crippen molar-refractivity contribution in [2.24, 2.45) is 0 Å². The summed E-state index contributed by atoms with van der Waals surface area (Å²) in [6.07, 6.45) is 3.79. The lowest BCUT2D eigenvalue weighted by Gasteiger charge is -1.96. The molecule has 0 amide bonds. The van der Waals surface area contributed by atoms with Gasteiger partial charge in [-0.3, -0.25) is 0 Å². The summed E-state index contributed by atoms with van der Waals surface area (Å²) in [5, 5.41) is 0. The zero-order chi connectivity index (χ0) is 11.4. The highest BCUT2D eigenvalue weighted by molar-refractivity contribution is 5.70. The van der Waals surface area contributed by atoms with Crippen molar-refractivity contribution >= 4 is 17.8 Å². The molecule has 2 aromatic carbocycles. The Hall–Kier alpha value is -2.09. The van der Waals surface area contributed by atoms with Crippen molar-refractivity contribution in [2.45, 2.75) is 0 Å². The fraction of sp³-hybridized carbons (Fsp3) is 0. The molecule has 0 saturated carbocycles. The molecule has 0 radical (unpaired) electrons. The number of rotatable bonds is 2. The van der Waals surface area contributed by atoms with Crippen molar-refractivity contribution < 1.29 is 4.39 Å². The van der Waals surface area contributed by atoms with E-state index in [-0.39, 0.29) is 5.82 Å². The standard InChI is InChI=1S/C14H12FN/c15-13-3-1-2-12(10-13)5-4-11-6-8-14(16)9-7-11/h1-10H,16H2. The van der Waals surface area contributed by atoms with Crippen LogP contribution in [0.5, 0.6) is 0 Å². The highest BCUT2D eigenvalue weighted by Crippen LogP contribution is 2.11. The number of nitrogens with two attached hydrogens (primary N) is 1. The average molecular weight is 213 g/mol. The van der Waals surface area contributed by atoms with Gasteiger partial charge in [0.2, 0.25) is 0 Å². The monoisotopic (exact) mass is 213 g/mol. The Balaban J connectivity index is 2.18. The van der Waals surface area contributed by atoms with Gasteiger partial charge in [-0.1, -0.05) is 36.4 Å². The van der Waals surface area contributed by atoms with Gasteiger partial charge in [0.15, 0.2) is 0 Å². The summed E-state index contributed by atoms with van der Waals surface area (Å²) >= 11 is 0. The fourth-order valence-corrected chi connectivity index (χ4v) is 1.41. The molecule has 0 aliphatic heterocycles. The van der Waals surface area contributed by atoms with Crippen molar-refractivity contribution in [1.29, 1.82) is 0 Å². The van der Waals surface area contributed by atoms with Gasteiger partial charge in [0, 0.05) is 5.69 Å². The normalized spacial score (nSPS) is 10.8. The molecule has 80 valence electrons. The molecule has 0 unspecified atom stereocenters. The number of benzene rings is 2. The molecule has 2 rings (SSSR count). The van der Waals surface area contributed by atoms with Gasteiger partial charge in [0.05, 0.1) is 0 Å². The summed E-state index contributed by atoms with van der Waals surface area (Å²) < 4.78 is 12.9. The van der Waals surface area contributed by atoms with Gasteiger partial charge in [-0.15, -0.1) is 0 Å². The van der Waals surface area contributed by atoms with Gasteiger partial charge in [0.1, 0.15) is 5.82 Å². The first kappa shape index (κ1) is 10.4. The molecule has 0 aromatic heterocycles. The lowest BCUT2D eigenvalue weighted by Crippen LogP contribution is -1.82. The Bertz CT molecular complexity index is 500. The lowest BCUT2D eigenvalue weighted by atomic mass is 10.1.